The average Bonchev–Trinajstić information content (AvgIpc) is 2.73. The average molecular weight is 228 g/mol. The molecule has 0 saturated heterocycles. The number of hydrogen-bond donors (Lipinski definition) is 3. The Morgan fingerprint density at radius 1 is 1.31 bits per heavy atom. The molecule has 0 heterocycles. The molecule has 5 heteroatoms. The van der Waals surface area contributed by atoms with Crippen molar-refractivity contribution in [1.82, 2.24) is 5.32 Å². The topological polar surface area (TPSA) is 92.4 Å². The third-order valence-corrected chi connectivity index (χ3v) is 3.29. The molecule has 16 heavy (non-hydrogen) atoms. The molecule has 1 aliphatic rings. The monoisotopic (exact) mass is 228 g/mol. The van der Waals surface area contributed by atoms with Crippen molar-refractivity contribution in [3.63, 3.8) is 0 Å². The van der Waals surface area contributed by atoms with E-state index in [1.54, 1.807) is 0 Å². The van der Waals surface area contributed by atoms with E-state index in [0.29, 0.717) is 19.5 Å². The van der Waals surface area contributed by atoms with E-state index < -0.39 is 5.97 Å². The van der Waals surface area contributed by atoms with Gasteiger partial charge < -0.3 is 16.2 Å². The first-order chi connectivity index (χ1) is 7.60. The normalized spacial score (nSPS) is 18.3. The zero-order valence-electron chi connectivity index (χ0n) is 9.50. The minimum atomic E-state index is -0.830. The third-order valence-electron chi connectivity index (χ3n) is 3.29. The molecular weight excluding hydrogens is 208 g/mol. The molecule has 5 nitrogen and oxygen atoms in total. The summed E-state index contributed by atoms with van der Waals surface area (Å²) in [6.45, 7) is 0.810. The Hall–Kier alpha value is -1.10. The zero-order chi connectivity index (χ0) is 12.0. The Labute approximate surface area is 95.4 Å². The van der Waals surface area contributed by atoms with Crippen LogP contribution < -0.4 is 11.1 Å². The van der Waals surface area contributed by atoms with Crippen molar-refractivity contribution in [3.8, 4) is 0 Å². The standard InChI is InChI=1S/C11H20N2O3/c12-8-11(5-1-2-6-11)10(16)13-7-3-4-9(14)15/h1-8,12H2,(H,13,16)(H,14,15). The number of carbonyl (C=O) groups excluding carboxylic acids is 1. The Bertz CT molecular complexity index is 260. The van der Waals surface area contributed by atoms with Gasteiger partial charge in [-0.3, -0.25) is 9.59 Å². The fourth-order valence-electron chi connectivity index (χ4n) is 2.20. The number of carboxylic acid groups (broad SMARTS) is 1. The van der Waals surface area contributed by atoms with E-state index in [1.165, 1.54) is 0 Å². The van der Waals surface area contributed by atoms with Crippen LogP contribution in [0.25, 0.3) is 0 Å². The van der Waals surface area contributed by atoms with Gasteiger partial charge in [-0.05, 0) is 19.3 Å². The number of nitrogens with one attached hydrogen (secondary N) is 1. The van der Waals surface area contributed by atoms with Crippen molar-refractivity contribution >= 4 is 11.9 Å². The van der Waals surface area contributed by atoms with Crippen LogP contribution in [-0.4, -0.2) is 30.1 Å². The van der Waals surface area contributed by atoms with Gasteiger partial charge in [0.1, 0.15) is 0 Å². The van der Waals surface area contributed by atoms with E-state index in [9.17, 15) is 9.59 Å². The lowest BCUT2D eigenvalue weighted by Crippen LogP contribution is -2.44. The Kier molecular flexibility index (Phi) is 4.73. The molecule has 0 bridgehead atoms. The first-order valence-corrected chi connectivity index (χ1v) is 5.81. The summed E-state index contributed by atoms with van der Waals surface area (Å²) in [5, 5.41) is 11.2. The van der Waals surface area contributed by atoms with Crippen LogP contribution >= 0.6 is 0 Å². The van der Waals surface area contributed by atoms with Gasteiger partial charge in [0.25, 0.3) is 0 Å². The fourth-order valence-corrected chi connectivity index (χ4v) is 2.20. The molecule has 1 saturated carbocycles. The second kappa shape index (κ2) is 5.84. The Balaban J connectivity index is 2.30. The molecule has 0 aromatic heterocycles. The van der Waals surface area contributed by atoms with Crippen LogP contribution in [0, 0.1) is 5.41 Å². The Morgan fingerprint density at radius 3 is 2.44 bits per heavy atom. The van der Waals surface area contributed by atoms with E-state index in [4.69, 9.17) is 10.8 Å². The highest BCUT2D eigenvalue weighted by Crippen LogP contribution is 2.37. The summed E-state index contributed by atoms with van der Waals surface area (Å²) >= 11 is 0. The summed E-state index contributed by atoms with van der Waals surface area (Å²) in [6.07, 6.45) is 4.39. The highest BCUT2D eigenvalue weighted by molar-refractivity contribution is 5.83. The number of hydrogen-bond acceptors (Lipinski definition) is 3. The molecule has 0 aromatic carbocycles. The van der Waals surface area contributed by atoms with E-state index >= 15 is 0 Å². The SMILES string of the molecule is NCC1(C(=O)NCCCC(=O)O)CCCC1. The lowest BCUT2D eigenvalue weighted by atomic mass is 9.85. The van der Waals surface area contributed by atoms with Crippen molar-refractivity contribution in [3.05, 3.63) is 0 Å². The molecule has 0 atom stereocenters. The van der Waals surface area contributed by atoms with Gasteiger partial charge >= 0.3 is 5.97 Å². The molecule has 0 radical (unpaired) electrons. The van der Waals surface area contributed by atoms with E-state index in [-0.39, 0.29) is 17.7 Å². The molecule has 1 amide bonds. The van der Waals surface area contributed by atoms with E-state index in [1.807, 2.05) is 0 Å². The minimum absolute atomic E-state index is 0.00195. The number of aliphatic carboxylic acids is 1. The zero-order valence-corrected chi connectivity index (χ0v) is 9.50. The maximum atomic E-state index is 11.9. The fraction of sp³-hybridized carbons (Fsp3) is 0.818. The smallest absolute Gasteiger partial charge is 0.303 e. The van der Waals surface area contributed by atoms with Crippen molar-refractivity contribution in [2.45, 2.75) is 38.5 Å². The van der Waals surface area contributed by atoms with Gasteiger partial charge in [0.05, 0.1) is 5.41 Å². The predicted molar refractivity (Wildman–Crippen MR) is 59.8 cm³/mol. The second-order valence-corrected chi connectivity index (χ2v) is 4.44. The second-order valence-electron chi connectivity index (χ2n) is 4.44. The molecule has 0 spiro atoms. The summed E-state index contributed by atoms with van der Waals surface area (Å²) < 4.78 is 0. The first-order valence-electron chi connectivity index (χ1n) is 5.81. The molecule has 1 aliphatic carbocycles. The number of rotatable bonds is 6. The van der Waals surface area contributed by atoms with Gasteiger partial charge in [-0.15, -0.1) is 0 Å². The number of carbonyl (C=O) groups is 2. The molecule has 0 aromatic rings. The number of nitrogens with two attached hydrogens (primary N) is 1. The molecule has 1 rings (SSSR count). The summed E-state index contributed by atoms with van der Waals surface area (Å²) in [6, 6.07) is 0. The lowest BCUT2D eigenvalue weighted by Gasteiger charge is -2.25. The molecule has 1 fully saturated rings. The quantitative estimate of drug-likeness (QED) is 0.577. The Morgan fingerprint density at radius 2 is 1.94 bits per heavy atom. The molecule has 4 N–H and O–H groups in total. The maximum Gasteiger partial charge on any atom is 0.303 e. The number of carboxylic acids is 1. The van der Waals surface area contributed by atoms with Crippen LogP contribution in [0.2, 0.25) is 0 Å². The highest BCUT2D eigenvalue weighted by atomic mass is 16.4. The first kappa shape index (κ1) is 13.0. The van der Waals surface area contributed by atoms with E-state index in [0.717, 1.165) is 25.7 Å². The van der Waals surface area contributed by atoms with Gasteiger partial charge in [-0.25, -0.2) is 0 Å². The minimum Gasteiger partial charge on any atom is -0.481 e. The summed E-state index contributed by atoms with van der Waals surface area (Å²) in [5.41, 5.74) is 5.28. The van der Waals surface area contributed by atoms with Crippen LogP contribution in [0.5, 0.6) is 0 Å². The van der Waals surface area contributed by atoms with Gasteiger partial charge in [0, 0.05) is 19.5 Å². The molecule has 0 unspecified atom stereocenters. The van der Waals surface area contributed by atoms with Crippen LogP contribution in [0.1, 0.15) is 38.5 Å². The summed E-state index contributed by atoms with van der Waals surface area (Å²) in [7, 11) is 0. The van der Waals surface area contributed by atoms with Crippen LogP contribution in [0.4, 0.5) is 0 Å². The maximum absolute atomic E-state index is 11.9. The summed E-state index contributed by atoms with van der Waals surface area (Å²) in [5.74, 6) is -0.832. The van der Waals surface area contributed by atoms with Gasteiger partial charge in [0.15, 0.2) is 0 Å². The molecule has 92 valence electrons. The van der Waals surface area contributed by atoms with Crippen LogP contribution in [0.3, 0.4) is 0 Å². The highest BCUT2D eigenvalue weighted by Gasteiger charge is 2.39. The predicted octanol–water partition coefficient (Wildman–Crippen LogP) is 0.486. The largest absolute Gasteiger partial charge is 0.481 e. The van der Waals surface area contributed by atoms with Gasteiger partial charge in [-0.1, -0.05) is 12.8 Å². The van der Waals surface area contributed by atoms with Crippen molar-refractivity contribution in [2.75, 3.05) is 13.1 Å². The van der Waals surface area contributed by atoms with Crippen molar-refractivity contribution < 1.29 is 14.7 Å². The lowest BCUT2D eigenvalue weighted by molar-refractivity contribution is -0.137. The molecule has 0 aliphatic heterocycles. The van der Waals surface area contributed by atoms with Gasteiger partial charge in [0.2, 0.25) is 5.91 Å². The van der Waals surface area contributed by atoms with Crippen LogP contribution in [-0.2, 0) is 9.59 Å². The van der Waals surface area contributed by atoms with Crippen molar-refractivity contribution in [2.24, 2.45) is 11.1 Å². The van der Waals surface area contributed by atoms with E-state index in [2.05, 4.69) is 5.32 Å². The van der Waals surface area contributed by atoms with Crippen molar-refractivity contribution in [1.29, 1.82) is 0 Å². The molecular formula is C11H20N2O3. The van der Waals surface area contributed by atoms with Gasteiger partial charge in [-0.2, -0.15) is 0 Å². The third kappa shape index (κ3) is 3.20. The summed E-state index contributed by atoms with van der Waals surface area (Å²) in [4.78, 5) is 22.2. The number of amides is 1. The van der Waals surface area contributed by atoms with Crippen LogP contribution in [0.15, 0.2) is 0 Å².